The van der Waals surface area contributed by atoms with Gasteiger partial charge in [-0.05, 0) is 25.3 Å². The van der Waals surface area contributed by atoms with Gasteiger partial charge in [0.1, 0.15) is 0 Å². The zero-order chi connectivity index (χ0) is 11.3. The molecule has 1 aliphatic heterocycles. The molecule has 0 saturated heterocycles. The molecule has 2 aromatic rings. The number of carboxylic acid groups (broad SMARTS) is 1. The molecular formula is C13H13NO2. The lowest BCUT2D eigenvalue weighted by Crippen LogP contribution is -2.11. The van der Waals surface area contributed by atoms with Crippen molar-refractivity contribution in [1.29, 1.82) is 0 Å². The van der Waals surface area contributed by atoms with E-state index in [0.717, 1.165) is 23.7 Å². The first-order valence-corrected chi connectivity index (χ1v) is 5.54. The molecule has 3 heteroatoms. The van der Waals surface area contributed by atoms with Crippen molar-refractivity contribution in [3.05, 3.63) is 35.5 Å². The van der Waals surface area contributed by atoms with Crippen molar-refractivity contribution >= 4 is 16.9 Å². The number of hydrogen-bond donors (Lipinski definition) is 1. The highest BCUT2D eigenvalue weighted by atomic mass is 16.4. The van der Waals surface area contributed by atoms with Gasteiger partial charge in [-0.25, -0.2) is 4.79 Å². The molecule has 1 unspecified atom stereocenters. The van der Waals surface area contributed by atoms with Gasteiger partial charge >= 0.3 is 5.97 Å². The topological polar surface area (TPSA) is 42.2 Å². The van der Waals surface area contributed by atoms with Gasteiger partial charge in [-0.2, -0.15) is 0 Å². The van der Waals surface area contributed by atoms with E-state index in [1.54, 1.807) is 6.20 Å². The van der Waals surface area contributed by atoms with Crippen LogP contribution >= 0.6 is 0 Å². The Kier molecular flexibility index (Phi) is 1.84. The standard InChI is InChI=1S/C13H13NO2/c1-8-5-6-9-3-2-4-10-11(13(15)16)7-14(8)12(9)10/h2-4,7-8H,5-6H2,1H3,(H,15,16). The van der Waals surface area contributed by atoms with Gasteiger partial charge in [0.2, 0.25) is 0 Å². The van der Waals surface area contributed by atoms with Crippen LogP contribution in [0.1, 0.15) is 35.3 Å². The van der Waals surface area contributed by atoms with Crippen LogP contribution in [0.15, 0.2) is 24.4 Å². The summed E-state index contributed by atoms with van der Waals surface area (Å²) in [5.74, 6) is -0.838. The second-order valence-electron chi connectivity index (χ2n) is 4.46. The van der Waals surface area contributed by atoms with Crippen molar-refractivity contribution in [3.63, 3.8) is 0 Å². The fraction of sp³-hybridized carbons (Fsp3) is 0.308. The van der Waals surface area contributed by atoms with Crippen LogP contribution in [0.5, 0.6) is 0 Å². The first kappa shape index (κ1) is 9.46. The van der Waals surface area contributed by atoms with E-state index in [2.05, 4.69) is 17.6 Å². The number of nitrogens with zero attached hydrogens (tertiary/aromatic N) is 1. The van der Waals surface area contributed by atoms with E-state index in [1.807, 2.05) is 12.1 Å². The summed E-state index contributed by atoms with van der Waals surface area (Å²) in [4.78, 5) is 11.2. The second kappa shape index (κ2) is 3.11. The highest BCUT2D eigenvalue weighted by Gasteiger charge is 2.22. The third-order valence-corrected chi connectivity index (χ3v) is 3.47. The van der Waals surface area contributed by atoms with E-state index in [9.17, 15) is 9.90 Å². The fourth-order valence-electron chi connectivity index (χ4n) is 2.61. The minimum atomic E-state index is -0.838. The quantitative estimate of drug-likeness (QED) is 0.794. The van der Waals surface area contributed by atoms with E-state index in [1.165, 1.54) is 5.56 Å². The summed E-state index contributed by atoms with van der Waals surface area (Å²) in [6.45, 7) is 2.14. The molecule has 1 atom stereocenters. The van der Waals surface area contributed by atoms with Gasteiger partial charge in [-0.15, -0.1) is 0 Å². The van der Waals surface area contributed by atoms with Crippen LogP contribution in [0.25, 0.3) is 10.9 Å². The molecule has 1 aromatic heterocycles. The number of aromatic nitrogens is 1. The largest absolute Gasteiger partial charge is 0.478 e. The molecule has 0 fully saturated rings. The molecule has 0 amide bonds. The Bertz CT molecular complexity index is 583. The molecule has 0 spiro atoms. The van der Waals surface area contributed by atoms with E-state index in [-0.39, 0.29) is 0 Å². The molecule has 0 saturated carbocycles. The number of aryl methyl sites for hydroxylation is 1. The Hall–Kier alpha value is -1.77. The average Bonchev–Trinajstić information content (AvgIpc) is 2.65. The van der Waals surface area contributed by atoms with Crippen LogP contribution < -0.4 is 0 Å². The molecule has 2 heterocycles. The minimum absolute atomic E-state index is 0.394. The van der Waals surface area contributed by atoms with Crippen LogP contribution in [0, 0.1) is 0 Å². The van der Waals surface area contributed by atoms with E-state index < -0.39 is 5.97 Å². The molecule has 0 bridgehead atoms. The number of aromatic carboxylic acids is 1. The van der Waals surface area contributed by atoms with E-state index >= 15 is 0 Å². The van der Waals surface area contributed by atoms with Gasteiger partial charge in [-0.3, -0.25) is 0 Å². The van der Waals surface area contributed by atoms with Crippen LogP contribution in [-0.2, 0) is 6.42 Å². The summed E-state index contributed by atoms with van der Waals surface area (Å²) in [5, 5.41) is 10.0. The molecular weight excluding hydrogens is 202 g/mol. The van der Waals surface area contributed by atoms with Gasteiger partial charge in [0.05, 0.1) is 11.1 Å². The number of benzene rings is 1. The summed E-state index contributed by atoms with van der Waals surface area (Å²) >= 11 is 0. The lowest BCUT2D eigenvalue weighted by molar-refractivity contribution is 0.0698. The predicted octanol–water partition coefficient (Wildman–Crippen LogP) is 2.85. The van der Waals surface area contributed by atoms with Gasteiger partial charge < -0.3 is 9.67 Å². The number of para-hydroxylation sites is 1. The first-order chi connectivity index (χ1) is 7.68. The van der Waals surface area contributed by atoms with Gasteiger partial charge in [0.15, 0.2) is 0 Å². The van der Waals surface area contributed by atoms with E-state index in [4.69, 9.17) is 0 Å². The summed E-state index contributed by atoms with van der Waals surface area (Å²) in [5.41, 5.74) is 2.80. The van der Waals surface area contributed by atoms with Gasteiger partial charge in [0, 0.05) is 17.6 Å². The number of rotatable bonds is 1. The maximum absolute atomic E-state index is 11.2. The van der Waals surface area contributed by atoms with Crippen LogP contribution in [0.3, 0.4) is 0 Å². The monoisotopic (exact) mass is 215 g/mol. The molecule has 0 aliphatic carbocycles. The smallest absolute Gasteiger partial charge is 0.337 e. The van der Waals surface area contributed by atoms with E-state index in [0.29, 0.717) is 11.6 Å². The third-order valence-electron chi connectivity index (χ3n) is 3.47. The first-order valence-electron chi connectivity index (χ1n) is 5.54. The molecule has 0 radical (unpaired) electrons. The van der Waals surface area contributed by atoms with Crippen molar-refractivity contribution in [2.75, 3.05) is 0 Å². The van der Waals surface area contributed by atoms with Crippen LogP contribution in [0.4, 0.5) is 0 Å². The Morgan fingerprint density at radius 1 is 1.50 bits per heavy atom. The third kappa shape index (κ3) is 1.11. The Morgan fingerprint density at radius 2 is 2.31 bits per heavy atom. The summed E-state index contributed by atoms with van der Waals surface area (Å²) < 4.78 is 2.11. The van der Waals surface area contributed by atoms with Crippen LogP contribution in [0.2, 0.25) is 0 Å². The Morgan fingerprint density at radius 3 is 3.06 bits per heavy atom. The van der Waals surface area contributed by atoms with Crippen molar-refractivity contribution < 1.29 is 9.90 Å². The maximum Gasteiger partial charge on any atom is 0.337 e. The predicted molar refractivity (Wildman–Crippen MR) is 61.9 cm³/mol. The summed E-state index contributed by atoms with van der Waals surface area (Å²) in [6, 6.07) is 6.34. The molecule has 1 N–H and O–H groups in total. The molecule has 1 aromatic carbocycles. The zero-order valence-electron chi connectivity index (χ0n) is 9.10. The average molecular weight is 215 g/mol. The Labute approximate surface area is 93.3 Å². The second-order valence-corrected chi connectivity index (χ2v) is 4.46. The van der Waals surface area contributed by atoms with Crippen molar-refractivity contribution in [1.82, 2.24) is 4.57 Å². The fourth-order valence-corrected chi connectivity index (χ4v) is 2.61. The van der Waals surface area contributed by atoms with Crippen LogP contribution in [-0.4, -0.2) is 15.6 Å². The SMILES string of the molecule is CC1CCc2cccc3c(C(=O)O)cn1c23. The lowest BCUT2D eigenvalue weighted by atomic mass is 9.99. The molecule has 3 nitrogen and oxygen atoms in total. The highest BCUT2D eigenvalue weighted by Crippen LogP contribution is 2.33. The lowest BCUT2D eigenvalue weighted by Gasteiger charge is -2.22. The molecule has 3 rings (SSSR count). The summed E-state index contributed by atoms with van der Waals surface area (Å²) in [7, 11) is 0. The van der Waals surface area contributed by atoms with Crippen molar-refractivity contribution in [2.45, 2.75) is 25.8 Å². The van der Waals surface area contributed by atoms with Gasteiger partial charge in [0.25, 0.3) is 0 Å². The summed E-state index contributed by atoms with van der Waals surface area (Å²) in [6.07, 6.45) is 3.90. The van der Waals surface area contributed by atoms with Gasteiger partial charge in [-0.1, -0.05) is 18.2 Å². The number of hydrogen-bond acceptors (Lipinski definition) is 1. The highest BCUT2D eigenvalue weighted by molar-refractivity contribution is 6.04. The normalized spacial score (nSPS) is 18.9. The number of carboxylic acids is 1. The maximum atomic E-state index is 11.2. The minimum Gasteiger partial charge on any atom is -0.478 e. The molecule has 16 heavy (non-hydrogen) atoms. The Balaban J connectivity index is 2.43. The van der Waals surface area contributed by atoms with Crippen molar-refractivity contribution in [3.8, 4) is 0 Å². The van der Waals surface area contributed by atoms with Crippen molar-refractivity contribution in [2.24, 2.45) is 0 Å². The molecule has 82 valence electrons. The molecule has 1 aliphatic rings. The number of carbonyl (C=O) groups is 1. The zero-order valence-corrected chi connectivity index (χ0v) is 9.10.